The van der Waals surface area contributed by atoms with Crippen LogP contribution in [0.3, 0.4) is 0 Å². The molecule has 1 heterocycles. The molecule has 0 aromatic carbocycles. The van der Waals surface area contributed by atoms with Gasteiger partial charge in [-0.3, -0.25) is 4.90 Å². The quantitative estimate of drug-likeness (QED) is 0.576. The molecule has 2 N–H and O–H groups in total. The maximum atomic E-state index is 11.4. The van der Waals surface area contributed by atoms with E-state index in [1.54, 1.807) is 0 Å². The van der Waals surface area contributed by atoms with E-state index in [4.69, 9.17) is 0 Å². The van der Waals surface area contributed by atoms with Crippen LogP contribution in [0.15, 0.2) is 0 Å². The molecule has 1 aliphatic heterocycles. The van der Waals surface area contributed by atoms with Crippen molar-refractivity contribution in [3.63, 3.8) is 0 Å². The van der Waals surface area contributed by atoms with Crippen molar-refractivity contribution < 1.29 is 16.8 Å². The van der Waals surface area contributed by atoms with Gasteiger partial charge in [0, 0.05) is 45.5 Å². The zero-order chi connectivity index (χ0) is 12.9. The summed E-state index contributed by atoms with van der Waals surface area (Å²) in [5.74, 6) is 0. The largest absolute Gasteiger partial charge is 0.314 e. The molecule has 7 nitrogen and oxygen atoms in total. The molecule has 0 atom stereocenters. The molecule has 1 rings (SSSR count). The Morgan fingerprint density at radius 3 is 2.29 bits per heavy atom. The summed E-state index contributed by atoms with van der Waals surface area (Å²) in [7, 11) is -7.23. The molecule has 0 amide bonds. The Morgan fingerprint density at radius 1 is 1.18 bits per heavy atom. The van der Waals surface area contributed by atoms with Crippen LogP contribution >= 0.6 is 0 Å². The molecule has 1 aliphatic rings. The fourth-order valence-corrected chi connectivity index (χ4v) is 4.61. The molecule has 0 saturated carbocycles. The molecule has 1 fully saturated rings. The first-order valence-electron chi connectivity index (χ1n) is 5.37. The van der Waals surface area contributed by atoms with Gasteiger partial charge in [-0.15, -0.1) is 0 Å². The number of hydrogen-bond donors (Lipinski definition) is 2. The third kappa shape index (κ3) is 6.94. The third-order valence-corrected chi connectivity index (χ3v) is 5.93. The minimum Gasteiger partial charge on any atom is -0.314 e. The van der Waals surface area contributed by atoms with Crippen LogP contribution < -0.4 is 10.0 Å². The highest BCUT2D eigenvalue weighted by Gasteiger charge is 2.18. The van der Waals surface area contributed by atoms with Gasteiger partial charge in [0.1, 0.15) is 0 Å². The van der Waals surface area contributed by atoms with Gasteiger partial charge in [-0.25, -0.2) is 21.6 Å². The third-order valence-electron chi connectivity index (χ3n) is 2.33. The zero-order valence-corrected chi connectivity index (χ0v) is 11.5. The molecule has 0 aromatic heterocycles. The van der Waals surface area contributed by atoms with Crippen molar-refractivity contribution in [2.45, 2.75) is 0 Å². The Hall–Kier alpha value is -0.220. The smallest absolute Gasteiger partial charge is 0.226 e. The van der Waals surface area contributed by atoms with Crippen LogP contribution in [0, 0.1) is 0 Å². The summed E-state index contributed by atoms with van der Waals surface area (Å²) < 4.78 is 46.8. The lowest BCUT2D eigenvalue weighted by molar-refractivity contribution is 0.245. The van der Waals surface area contributed by atoms with E-state index in [1.165, 1.54) is 0 Å². The second-order valence-electron chi connectivity index (χ2n) is 4.14. The number of sulfonamides is 1. The van der Waals surface area contributed by atoms with E-state index < -0.39 is 24.9 Å². The van der Waals surface area contributed by atoms with Crippen molar-refractivity contribution in [1.29, 1.82) is 0 Å². The normalized spacial score (nSPS) is 19.4. The van der Waals surface area contributed by atoms with Crippen LogP contribution in [0.1, 0.15) is 0 Å². The SMILES string of the molecule is CS(=O)(=O)CS(=O)(=O)NCCN1CCNCC1. The van der Waals surface area contributed by atoms with Gasteiger partial charge in [0.05, 0.1) is 0 Å². The highest BCUT2D eigenvalue weighted by molar-refractivity contribution is 8.06. The summed E-state index contributed by atoms with van der Waals surface area (Å²) >= 11 is 0. The second kappa shape index (κ2) is 6.10. The van der Waals surface area contributed by atoms with E-state index in [-0.39, 0.29) is 6.54 Å². The zero-order valence-electron chi connectivity index (χ0n) is 9.85. The summed E-state index contributed by atoms with van der Waals surface area (Å²) in [5.41, 5.74) is 0. The summed E-state index contributed by atoms with van der Waals surface area (Å²) in [6.07, 6.45) is 0.905. The summed E-state index contributed by atoms with van der Waals surface area (Å²) in [4.78, 5) is 2.12. The van der Waals surface area contributed by atoms with E-state index in [0.717, 1.165) is 32.4 Å². The van der Waals surface area contributed by atoms with Gasteiger partial charge in [-0.05, 0) is 0 Å². The van der Waals surface area contributed by atoms with Crippen LogP contribution in [-0.4, -0.2) is 72.3 Å². The maximum absolute atomic E-state index is 11.4. The molecule has 1 saturated heterocycles. The van der Waals surface area contributed by atoms with Gasteiger partial charge in [-0.1, -0.05) is 0 Å². The fraction of sp³-hybridized carbons (Fsp3) is 1.00. The Kier molecular flexibility index (Phi) is 5.32. The number of rotatable bonds is 6. The van der Waals surface area contributed by atoms with E-state index in [1.807, 2.05) is 0 Å². The van der Waals surface area contributed by atoms with Gasteiger partial charge in [0.15, 0.2) is 14.9 Å². The number of nitrogens with one attached hydrogen (secondary N) is 2. The summed E-state index contributed by atoms with van der Waals surface area (Å²) in [6, 6.07) is 0. The van der Waals surface area contributed by atoms with Crippen LogP contribution in [0.2, 0.25) is 0 Å². The topological polar surface area (TPSA) is 95.6 Å². The lowest BCUT2D eigenvalue weighted by Crippen LogP contribution is -2.46. The van der Waals surface area contributed by atoms with Gasteiger partial charge in [0.25, 0.3) is 0 Å². The van der Waals surface area contributed by atoms with Gasteiger partial charge in [-0.2, -0.15) is 0 Å². The molecule has 17 heavy (non-hydrogen) atoms. The molecular formula is C8H19N3O4S2. The fourth-order valence-electron chi connectivity index (χ4n) is 1.62. The Balaban J connectivity index is 2.30. The minimum atomic E-state index is -3.72. The molecule has 102 valence electrons. The van der Waals surface area contributed by atoms with Crippen molar-refractivity contribution in [1.82, 2.24) is 14.9 Å². The van der Waals surface area contributed by atoms with Gasteiger partial charge in [0.2, 0.25) is 10.0 Å². The average Bonchev–Trinajstić information content (AvgIpc) is 2.15. The summed E-state index contributed by atoms with van der Waals surface area (Å²) in [6.45, 7) is 4.41. The van der Waals surface area contributed by atoms with Crippen LogP contribution in [-0.2, 0) is 19.9 Å². The van der Waals surface area contributed by atoms with Gasteiger partial charge < -0.3 is 5.32 Å². The van der Waals surface area contributed by atoms with E-state index >= 15 is 0 Å². The number of sulfone groups is 1. The Bertz CT molecular complexity index is 426. The van der Waals surface area contributed by atoms with Crippen molar-refractivity contribution >= 4 is 19.9 Å². The minimum absolute atomic E-state index is 0.248. The molecule has 0 spiro atoms. The predicted molar refractivity (Wildman–Crippen MR) is 65.9 cm³/mol. The lowest BCUT2D eigenvalue weighted by atomic mass is 10.3. The monoisotopic (exact) mass is 285 g/mol. The second-order valence-corrected chi connectivity index (χ2v) is 8.46. The highest BCUT2D eigenvalue weighted by Crippen LogP contribution is 1.94. The van der Waals surface area contributed by atoms with Crippen LogP contribution in [0.25, 0.3) is 0 Å². The first-order chi connectivity index (χ1) is 7.79. The molecule has 0 radical (unpaired) electrons. The first-order valence-corrected chi connectivity index (χ1v) is 9.08. The molecule has 0 aromatic rings. The predicted octanol–water partition coefficient (Wildman–Crippen LogP) is -2.19. The molecule has 9 heteroatoms. The van der Waals surface area contributed by atoms with E-state index in [0.29, 0.717) is 6.54 Å². The molecule has 0 bridgehead atoms. The Labute approximate surface area is 103 Å². The summed E-state index contributed by atoms with van der Waals surface area (Å²) in [5, 5.41) is 2.35. The first kappa shape index (κ1) is 14.8. The number of piperazine rings is 1. The van der Waals surface area contributed by atoms with Crippen LogP contribution in [0.4, 0.5) is 0 Å². The van der Waals surface area contributed by atoms with Crippen molar-refractivity contribution in [2.24, 2.45) is 0 Å². The van der Waals surface area contributed by atoms with Crippen molar-refractivity contribution in [3.8, 4) is 0 Å². The molecule has 0 unspecified atom stereocenters. The van der Waals surface area contributed by atoms with Crippen LogP contribution in [0.5, 0.6) is 0 Å². The maximum Gasteiger partial charge on any atom is 0.226 e. The number of nitrogens with zero attached hydrogens (tertiary/aromatic N) is 1. The highest BCUT2D eigenvalue weighted by atomic mass is 32.3. The Morgan fingerprint density at radius 2 is 1.76 bits per heavy atom. The molecule has 0 aliphatic carbocycles. The van der Waals surface area contributed by atoms with Gasteiger partial charge >= 0.3 is 0 Å². The van der Waals surface area contributed by atoms with E-state index in [9.17, 15) is 16.8 Å². The standard InChI is InChI=1S/C8H19N3O4S2/c1-16(12,13)8-17(14,15)10-4-7-11-5-2-9-3-6-11/h9-10H,2-8H2,1H3. The number of hydrogen-bond acceptors (Lipinski definition) is 6. The van der Waals surface area contributed by atoms with Crippen molar-refractivity contribution in [2.75, 3.05) is 50.6 Å². The van der Waals surface area contributed by atoms with E-state index in [2.05, 4.69) is 14.9 Å². The lowest BCUT2D eigenvalue weighted by Gasteiger charge is -2.26. The average molecular weight is 285 g/mol. The molecular weight excluding hydrogens is 266 g/mol. The van der Waals surface area contributed by atoms with Crippen molar-refractivity contribution in [3.05, 3.63) is 0 Å².